The van der Waals surface area contributed by atoms with E-state index in [1.165, 1.54) is 9.13 Å². The molecule has 0 saturated heterocycles. The SMILES string of the molecule is CC(CNC(C)(C)C)Cn1ccn(C)c(=O)c1=O. The van der Waals surface area contributed by atoms with Gasteiger partial charge in [-0.2, -0.15) is 0 Å². The third kappa shape index (κ3) is 4.14. The van der Waals surface area contributed by atoms with E-state index in [2.05, 4.69) is 33.0 Å². The van der Waals surface area contributed by atoms with Crippen molar-refractivity contribution in [3.05, 3.63) is 33.1 Å². The van der Waals surface area contributed by atoms with Gasteiger partial charge in [-0.05, 0) is 33.2 Å². The summed E-state index contributed by atoms with van der Waals surface area (Å²) in [5, 5.41) is 3.39. The van der Waals surface area contributed by atoms with Crippen LogP contribution in [-0.4, -0.2) is 21.2 Å². The van der Waals surface area contributed by atoms with Crippen molar-refractivity contribution in [2.75, 3.05) is 6.54 Å². The Morgan fingerprint density at radius 1 is 1.22 bits per heavy atom. The van der Waals surface area contributed by atoms with Crippen LogP contribution < -0.4 is 16.4 Å². The maximum atomic E-state index is 11.7. The molecule has 0 radical (unpaired) electrons. The highest BCUT2D eigenvalue weighted by molar-refractivity contribution is 4.85. The van der Waals surface area contributed by atoms with E-state index in [4.69, 9.17) is 0 Å². The zero-order valence-electron chi connectivity index (χ0n) is 11.9. The first-order valence-electron chi connectivity index (χ1n) is 6.22. The van der Waals surface area contributed by atoms with E-state index in [9.17, 15) is 9.59 Å². The van der Waals surface area contributed by atoms with E-state index in [1.807, 2.05) is 0 Å². The van der Waals surface area contributed by atoms with Crippen molar-refractivity contribution in [1.82, 2.24) is 14.5 Å². The van der Waals surface area contributed by atoms with Gasteiger partial charge in [0.15, 0.2) is 0 Å². The van der Waals surface area contributed by atoms with E-state index in [0.717, 1.165) is 6.54 Å². The topological polar surface area (TPSA) is 56.0 Å². The summed E-state index contributed by atoms with van der Waals surface area (Å²) in [5.41, 5.74) is -0.873. The fraction of sp³-hybridized carbons (Fsp3) is 0.692. The minimum Gasteiger partial charge on any atom is -0.312 e. The number of hydrogen-bond acceptors (Lipinski definition) is 3. The standard InChI is InChI=1S/C13H23N3O2/c1-10(8-14-13(2,3)4)9-16-7-6-15(5)11(17)12(16)18/h6-7,10,14H,8-9H2,1-5H3. The molecular formula is C13H23N3O2. The van der Waals surface area contributed by atoms with Crippen LogP contribution in [0.3, 0.4) is 0 Å². The van der Waals surface area contributed by atoms with Crippen LogP contribution in [0.4, 0.5) is 0 Å². The molecule has 5 heteroatoms. The van der Waals surface area contributed by atoms with E-state index in [0.29, 0.717) is 6.54 Å². The Bertz CT molecular complexity index is 508. The molecule has 1 N–H and O–H groups in total. The van der Waals surface area contributed by atoms with Gasteiger partial charge in [0.25, 0.3) is 0 Å². The van der Waals surface area contributed by atoms with Gasteiger partial charge in [0.1, 0.15) is 0 Å². The largest absolute Gasteiger partial charge is 0.316 e. The van der Waals surface area contributed by atoms with Gasteiger partial charge < -0.3 is 14.5 Å². The van der Waals surface area contributed by atoms with Crippen molar-refractivity contribution in [2.45, 2.75) is 39.8 Å². The molecule has 0 amide bonds. The summed E-state index contributed by atoms with van der Waals surface area (Å²) in [5.74, 6) is 0.286. The molecule has 1 unspecified atom stereocenters. The minimum atomic E-state index is -0.478. The lowest BCUT2D eigenvalue weighted by Crippen LogP contribution is -2.43. The smallest absolute Gasteiger partial charge is 0.312 e. The monoisotopic (exact) mass is 253 g/mol. The highest BCUT2D eigenvalue weighted by atomic mass is 16.2. The van der Waals surface area contributed by atoms with Crippen LogP contribution >= 0.6 is 0 Å². The second-order valence-corrected chi connectivity index (χ2v) is 5.91. The molecule has 1 heterocycles. The number of aryl methyl sites for hydroxylation is 1. The summed E-state index contributed by atoms with van der Waals surface area (Å²) >= 11 is 0. The maximum Gasteiger partial charge on any atom is 0.316 e. The lowest BCUT2D eigenvalue weighted by molar-refractivity contribution is 0.357. The Kier molecular flexibility index (Phi) is 4.51. The minimum absolute atomic E-state index is 0.0616. The summed E-state index contributed by atoms with van der Waals surface area (Å²) in [6.45, 7) is 9.73. The lowest BCUT2D eigenvalue weighted by atomic mass is 10.1. The first-order valence-corrected chi connectivity index (χ1v) is 6.22. The Balaban J connectivity index is 2.72. The average Bonchev–Trinajstić information content (AvgIpc) is 2.26. The fourth-order valence-electron chi connectivity index (χ4n) is 1.61. The summed E-state index contributed by atoms with van der Waals surface area (Å²) in [7, 11) is 1.58. The second kappa shape index (κ2) is 5.52. The van der Waals surface area contributed by atoms with Crippen LogP contribution in [0, 0.1) is 5.92 Å². The van der Waals surface area contributed by atoms with Crippen molar-refractivity contribution in [1.29, 1.82) is 0 Å². The van der Waals surface area contributed by atoms with Crippen molar-refractivity contribution in [3.63, 3.8) is 0 Å². The molecule has 5 nitrogen and oxygen atoms in total. The first kappa shape index (κ1) is 14.7. The number of rotatable bonds is 4. The van der Waals surface area contributed by atoms with Crippen LogP contribution in [0.5, 0.6) is 0 Å². The number of aromatic nitrogens is 2. The normalized spacial score (nSPS) is 13.6. The van der Waals surface area contributed by atoms with Gasteiger partial charge in [0.05, 0.1) is 0 Å². The molecule has 0 aromatic carbocycles. The van der Waals surface area contributed by atoms with Gasteiger partial charge in [0, 0.05) is 31.5 Å². The van der Waals surface area contributed by atoms with Crippen molar-refractivity contribution in [2.24, 2.45) is 13.0 Å². The van der Waals surface area contributed by atoms with Crippen LogP contribution in [0.2, 0.25) is 0 Å². The van der Waals surface area contributed by atoms with Gasteiger partial charge in [-0.3, -0.25) is 9.59 Å². The quantitative estimate of drug-likeness (QED) is 0.798. The molecule has 102 valence electrons. The predicted molar refractivity (Wildman–Crippen MR) is 72.9 cm³/mol. The van der Waals surface area contributed by atoms with Gasteiger partial charge in [-0.25, -0.2) is 0 Å². The van der Waals surface area contributed by atoms with Crippen molar-refractivity contribution >= 4 is 0 Å². The predicted octanol–water partition coefficient (Wildman–Crippen LogP) is 0.571. The van der Waals surface area contributed by atoms with Crippen LogP contribution in [0.1, 0.15) is 27.7 Å². The zero-order chi connectivity index (χ0) is 13.9. The van der Waals surface area contributed by atoms with Crippen molar-refractivity contribution in [3.8, 4) is 0 Å². The van der Waals surface area contributed by atoms with Crippen LogP contribution in [-0.2, 0) is 13.6 Å². The molecule has 0 aliphatic heterocycles. The van der Waals surface area contributed by atoms with Gasteiger partial charge in [-0.1, -0.05) is 6.92 Å². The molecular weight excluding hydrogens is 230 g/mol. The van der Waals surface area contributed by atoms with Crippen LogP contribution in [0.25, 0.3) is 0 Å². The molecule has 1 rings (SSSR count). The number of nitrogens with zero attached hydrogens (tertiary/aromatic N) is 2. The second-order valence-electron chi connectivity index (χ2n) is 5.91. The summed E-state index contributed by atoms with van der Waals surface area (Å²) < 4.78 is 2.79. The molecule has 0 fully saturated rings. The molecule has 0 bridgehead atoms. The Labute approximate surface area is 107 Å². The molecule has 1 atom stereocenters. The average molecular weight is 253 g/mol. The Hall–Kier alpha value is -1.36. The third-order valence-corrected chi connectivity index (χ3v) is 2.72. The van der Waals surface area contributed by atoms with Crippen molar-refractivity contribution < 1.29 is 0 Å². The molecule has 18 heavy (non-hydrogen) atoms. The maximum absolute atomic E-state index is 11.7. The fourth-order valence-corrected chi connectivity index (χ4v) is 1.61. The summed E-state index contributed by atoms with van der Waals surface area (Å²) in [4.78, 5) is 23.2. The van der Waals surface area contributed by atoms with Gasteiger partial charge >= 0.3 is 11.1 Å². The summed E-state index contributed by atoms with van der Waals surface area (Å²) in [6, 6.07) is 0. The molecule has 1 aromatic heterocycles. The third-order valence-electron chi connectivity index (χ3n) is 2.72. The number of nitrogens with one attached hydrogen (secondary N) is 1. The van der Waals surface area contributed by atoms with E-state index in [-0.39, 0.29) is 11.5 Å². The first-order chi connectivity index (χ1) is 8.20. The van der Waals surface area contributed by atoms with E-state index in [1.54, 1.807) is 19.4 Å². The van der Waals surface area contributed by atoms with E-state index < -0.39 is 11.1 Å². The molecule has 0 aliphatic rings. The molecule has 1 aromatic rings. The van der Waals surface area contributed by atoms with Gasteiger partial charge in [0.2, 0.25) is 0 Å². The Morgan fingerprint density at radius 3 is 2.39 bits per heavy atom. The lowest BCUT2D eigenvalue weighted by Gasteiger charge is -2.23. The highest BCUT2D eigenvalue weighted by Crippen LogP contribution is 2.02. The molecule has 0 saturated carbocycles. The number of hydrogen-bond donors (Lipinski definition) is 1. The van der Waals surface area contributed by atoms with Crippen LogP contribution in [0.15, 0.2) is 22.0 Å². The zero-order valence-corrected chi connectivity index (χ0v) is 11.9. The van der Waals surface area contributed by atoms with Gasteiger partial charge in [-0.15, -0.1) is 0 Å². The molecule has 0 spiro atoms. The highest BCUT2D eigenvalue weighted by Gasteiger charge is 2.12. The van der Waals surface area contributed by atoms with E-state index >= 15 is 0 Å². The Morgan fingerprint density at radius 2 is 1.83 bits per heavy atom. The summed E-state index contributed by atoms with van der Waals surface area (Å²) in [6.07, 6.45) is 3.28. The molecule has 0 aliphatic carbocycles.